The summed E-state index contributed by atoms with van der Waals surface area (Å²) in [5.41, 5.74) is 1.77. The van der Waals surface area contributed by atoms with Crippen molar-refractivity contribution in [1.82, 2.24) is 0 Å². The Balaban J connectivity index is 1.78. The van der Waals surface area contributed by atoms with Crippen molar-refractivity contribution in [2.24, 2.45) is 0 Å². The fraction of sp³-hybridized carbons (Fsp3) is 0.0909. The number of nitrogens with zero attached hydrogens (tertiary/aromatic N) is 1. The minimum Gasteiger partial charge on any atom is -0.497 e. The van der Waals surface area contributed by atoms with Gasteiger partial charge in [-0.3, -0.25) is 14.5 Å². The van der Waals surface area contributed by atoms with Gasteiger partial charge in [0.05, 0.1) is 12.7 Å². The second-order valence-electron chi connectivity index (χ2n) is 6.72. The van der Waals surface area contributed by atoms with Crippen LogP contribution in [0.4, 0.5) is 17.1 Å². The lowest BCUT2D eigenvalue weighted by molar-refractivity contribution is -0.119. The monoisotopic (exact) mass is 371 g/mol. The van der Waals surface area contributed by atoms with Gasteiger partial charge in [0, 0.05) is 22.6 Å². The second kappa shape index (κ2) is 5.85. The lowest BCUT2D eigenvalue weighted by Crippen LogP contribution is -2.61. The SMILES string of the molecule is COc1ccc(N2C(=O)c3ccccc3N[C@@]23C(=O)Nc2ccccc23)cc1. The molecule has 1 spiro atoms. The van der Waals surface area contributed by atoms with Crippen molar-refractivity contribution in [2.75, 3.05) is 22.6 Å². The number of anilines is 3. The zero-order chi connectivity index (χ0) is 19.3. The van der Waals surface area contributed by atoms with Crippen LogP contribution in [-0.4, -0.2) is 18.9 Å². The molecule has 6 heteroatoms. The van der Waals surface area contributed by atoms with Gasteiger partial charge >= 0.3 is 0 Å². The first kappa shape index (κ1) is 16.4. The molecule has 0 saturated carbocycles. The fourth-order valence-electron chi connectivity index (χ4n) is 3.93. The van der Waals surface area contributed by atoms with E-state index < -0.39 is 5.66 Å². The molecule has 3 aromatic rings. The van der Waals surface area contributed by atoms with Crippen LogP contribution in [-0.2, 0) is 10.5 Å². The van der Waals surface area contributed by atoms with Crippen LogP contribution in [0.25, 0.3) is 0 Å². The molecule has 0 saturated heterocycles. The van der Waals surface area contributed by atoms with Gasteiger partial charge in [0.25, 0.3) is 11.8 Å². The maximum absolute atomic E-state index is 13.6. The molecular weight excluding hydrogens is 354 g/mol. The molecule has 2 aliphatic rings. The van der Waals surface area contributed by atoms with Gasteiger partial charge in [0.2, 0.25) is 5.66 Å². The van der Waals surface area contributed by atoms with E-state index in [1.54, 1.807) is 37.4 Å². The number of methoxy groups -OCH3 is 1. The second-order valence-corrected chi connectivity index (χ2v) is 6.72. The molecule has 0 unspecified atom stereocenters. The van der Waals surface area contributed by atoms with E-state index >= 15 is 0 Å². The number of hydrogen-bond donors (Lipinski definition) is 2. The molecule has 6 nitrogen and oxygen atoms in total. The van der Waals surface area contributed by atoms with Crippen molar-refractivity contribution in [3.63, 3.8) is 0 Å². The molecule has 1 atom stereocenters. The van der Waals surface area contributed by atoms with E-state index in [0.717, 1.165) is 0 Å². The molecule has 138 valence electrons. The Bertz CT molecular complexity index is 1110. The van der Waals surface area contributed by atoms with Crippen molar-refractivity contribution in [2.45, 2.75) is 5.66 Å². The van der Waals surface area contributed by atoms with Gasteiger partial charge in [-0.15, -0.1) is 0 Å². The molecule has 0 fully saturated rings. The molecule has 5 rings (SSSR count). The summed E-state index contributed by atoms with van der Waals surface area (Å²) in [6, 6.07) is 21.7. The van der Waals surface area contributed by atoms with Crippen LogP contribution in [0.1, 0.15) is 15.9 Å². The van der Waals surface area contributed by atoms with Crippen molar-refractivity contribution in [3.8, 4) is 5.75 Å². The normalized spacial score (nSPS) is 19.7. The summed E-state index contributed by atoms with van der Waals surface area (Å²) in [6.45, 7) is 0. The predicted molar refractivity (Wildman–Crippen MR) is 107 cm³/mol. The van der Waals surface area contributed by atoms with Gasteiger partial charge in [-0.05, 0) is 42.5 Å². The predicted octanol–water partition coefficient (Wildman–Crippen LogP) is 3.57. The van der Waals surface area contributed by atoms with E-state index in [1.807, 2.05) is 42.5 Å². The molecular formula is C22H17N3O3. The Hall–Kier alpha value is -3.80. The summed E-state index contributed by atoms with van der Waals surface area (Å²) < 4.78 is 5.24. The van der Waals surface area contributed by atoms with E-state index in [4.69, 9.17) is 4.74 Å². The summed E-state index contributed by atoms with van der Waals surface area (Å²) >= 11 is 0. The van der Waals surface area contributed by atoms with Crippen LogP contribution in [0.3, 0.4) is 0 Å². The molecule has 2 heterocycles. The third-order valence-corrected chi connectivity index (χ3v) is 5.24. The van der Waals surface area contributed by atoms with Gasteiger partial charge in [0.1, 0.15) is 5.75 Å². The first-order valence-electron chi connectivity index (χ1n) is 8.92. The van der Waals surface area contributed by atoms with Gasteiger partial charge < -0.3 is 15.4 Å². The van der Waals surface area contributed by atoms with Gasteiger partial charge in [-0.1, -0.05) is 30.3 Å². The Kier molecular flexibility index (Phi) is 3.42. The number of amides is 2. The van der Waals surface area contributed by atoms with E-state index in [1.165, 1.54) is 4.90 Å². The number of carbonyl (C=O) groups excluding carboxylic acids is 2. The first-order valence-corrected chi connectivity index (χ1v) is 8.92. The van der Waals surface area contributed by atoms with Crippen LogP contribution < -0.4 is 20.3 Å². The number of nitrogens with one attached hydrogen (secondary N) is 2. The highest BCUT2D eigenvalue weighted by atomic mass is 16.5. The zero-order valence-corrected chi connectivity index (χ0v) is 15.1. The van der Waals surface area contributed by atoms with E-state index in [0.29, 0.717) is 33.9 Å². The number of rotatable bonds is 2. The molecule has 0 radical (unpaired) electrons. The topological polar surface area (TPSA) is 70.7 Å². The lowest BCUT2D eigenvalue weighted by atomic mass is 9.92. The maximum atomic E-state index is 13.6. The van der Waals surface area contributed by atoms with Gasteiger partial charge in [0.15, 0.2) is 0 Å². The zero-order valence-electron chi connectivity index (χ0n) is 15.1. The minimum atomic E-state index is -1.36. The Morgan fingerprint density at radius 2 is 1.54 bits per heavy atom. The average molecular weight is 371 g/mol. The Morgan fingerprint density at radius 3 is 2.29 bits per heavy atom. The highest BCUT2D eigenvalue weighted by Crippen LogP contribution is 2.47. The summed E-state index contributed by atoms with van der Waals surface area (Å²) in [7, 11) is 1.58. The molecule has 28 heavy (non-hydrogen) atoms. The van der Waals surface area contributed by atoms with Crippen molar-refractivity contribution >= 4 is 28.9 Å². The van der Waals surface area contributed by atoms with Gasteiger partial charge in [-0.2, -0.15) is 0 Å². The number of fused-ring (bicyclic) bond motifs is 3. The molecule has 2 N–H and O–H groups in total. The minimum absolute atomic E-state index is 0.244. The highest BCUT2D eigenvalue weighted by Gasteiger charge is 2.56. The lowest BCUT2D eigenvalue weighted by Gasteiger charge is -2.44. The van der Waals surface area contributed by atoms with Crippen LogP contribution in [0, 0.1) is 0 Å². The van der Waals surface area contributed by atoms with E-state index in [-0.39, 0.29) is 11.8 Å². The Morgan fingerprint density at radius 1 is 0.857 bits per heavy atom. The fourth-order valence-corrected chi connectivity index (χ4v) is 3.93. The summed E-state index contributed by atoms with van der Waals surface area (Å²) in [5.74, 6) is 0.130. The molecule has 3 aromatic carbocycles. The summed E-state index contributed by atoms with van der Waals surface area (Å²) in [4.78, 5) is 28.4. The number of hydrogen-bond acceptors (Lipinski definition) is 4. The third-order valence-electron chi connectivity index (χ3n) is 5.24. The molecule has 0 aliphatic carbocycles. The number of carbonyl (C=O) groups is 2. The molecule has 2 aliphatic heterocycles. The smallest absolute Gasteiger partial charge is 0.276 e. The van der Waals surface area contributed by atoms with Crippen LogP contribution in [0.5, 0.6) is 5.75 Å². The van der Waals surface area contributed by atoms with Gasteiger partial charge in [-0.25, -0.2) is 0 Å². The number of benzene rings is 3. The molecule has 0 bridgehead atoms. The third kappa shape index (κ3) is 2.08. The Labute approximate surface area is 161 Å². The van der Waals surface area contributed by atoms with Crippen LogP contribution in [0.2, 0.25) is 0 Å². The summed E-state index contributed by atoms with van der Waals surface area (Å²) in [5, 5.41) is 6.26. The van der Waals surface area contributed by atoms with E-state index in [9.17, 15) is 9.59 Å². The number of para-hydroxylation sites is 2. The van der Waals surface area contributed by atoms with Crippen LogP contribution in [0.15, 0.2) is 72.8 Å². The first-order chi connectivity index (χ1) is 13.6. The average Bonchev–Trinajstić information content (AvgIpc) is 3.00. The van der Waals surface area contributed by atoms with Crippen molar-refractivity contribution in [3.05, 3.63) is 83.9 Å². The summed E-state index contributed by atoms with van der Waals surface area (Å²) in [6.07, 6.45) is 0. The van der Waals surface area contributed by atoms with E-state index in [2.05, 4.69) is 10.6 Å². The number of ether oxygens (including phenoxy) is 1. The largest absolute Gasteiger partial charge is 0.497 e. The molecule has 0 aromatic heterocycles. The van der Waals surface area contributed by atoms with Crippen LogP contribution >= 0.6 is 0 Å². The quantitative estimate of drug-likeness (QED) is 0.722. The van der Waals surface area contributed by atoms with Crippen molar-refractivity contribution < 1.29 is 14.3 Å². The highest BCUT2D eigenvalue weighted by molar-refractivity contribution is 6.21. The maximum Gasteiger partial charge on any atom is 0.276 e. The molecule has 2 amide bonds. The van der Waals surface area contributed by atoms with Crippen molar-refractivity contribution in [1.29, 1.82) is 0 Å². The standard InChI is InChI=1S/C22H17N3O3/c1-28-15-12-10-14(11-13-15)25-20(26)16-6-2-4-8-18(16)24-22(25)17-7-3-5-9-19(17)23-21(22)27/h2-13,24H,1H3,(H,23,27)/t22-/m1/s1.